The predicted molar refractivity (Wildman–Crippen MR) is 78.7 cm³/mol. The van der Waals surface area contributed by atoms with Gasteiger partial charge in [-0.1, -0.05) is 6.07 Å². The van der Waals surface area contributed by atoms with E-state index in [0.717, 1.165) is 0 Å². The van der Waals surface area contributed by atoms with Crippen molar-refractivity contribution in [3.05, 3.63) is 24.3 Å². The molecule has 0 aromatic heterocycles. The lowest BCUT2D eigenvalue weighted by atomic mass is 10.2. The molecule has 0 unspecified atom stereocenters. The number of hydrogen-bond donors (Lipinski definition) is 2. The molecule has 0 heterocycles. The third-order valence-corrected chi connectivity index (χ3v) is 2.23. The van der Waals surface area contributed by atoms with Crippen LogP contribution in [0.4, 0.5) is 4.79 Å². The Kier molecular flexibility index (Phi) is 6.81. The number of nitrogens with one attached hydrogen (secondary N) is 1. The number of phenols is 1. The van der Waals surface area contributed by atoms with Crippen molar-refractivity contribution in [1.29, 1.82) is 0 Å². The Morgan fingerprint density at radius 3 is 2.67 bits per heavy atom. The molecule has 0 radical (unpaired) electrons. The van der Waals surface area contributed by atoms with Crippen LogP contribution in [0.1, 0.15) is 20.8 Å². The molecule has 0 bridgehead atoms. The summed E-state index contributed by atoms with van der Waals surface area (Å²) >= 11 is 0. The lowest BCUT2D eigenvalue weighted by Gasteiger charge is -2.19. The molecule has 1 amide bonds. The third-order valence-electron chi connectivity index (χ3n) is 2.23. The van der Waals surface area contributed by atoms with E-state index in [0.29, 0.717) is 32.1 Å². The molecule has 2 N–H and O–H groups in total. The molecule has 0 saturated carbocycles. The number of amides is 1. The number of aromatic hydroxyl groups is 1. The van der Waals surface area contributed by atoms with Crippen molar-refractivity contribution in [2.45, 2.75) is 26.4 Å². The second kappa shape index (κ2) is 8.36. The van der Waals surface area contributed by atoms with Crippen molar-refractivity contribution in [1.82, 2.24) is 5.32 Å². The number of alkyl carbamates (subject to hydrolysis) is 1. The minimum absolute atomic E-state index is 0.162. The molecule has 6 nitrogen and oxygen atoms in total. The molecule has 0 fully saturated rings. The summed E-state index contributed by atoms with van der Waals surface area (Å²) < 4.78 is 15.8. The molecule has 118 valence electrons. The summed E-state index contributed by atoms with van der Waals surface area (Å²) in [7, 11) is 0. The molecule has 0 atom stereocenters. The van der Waals surface area contributed by atoms with Crippen LogP contribution in [0, 0.1) is 0 Å². The maximum Gasteiger partial charge on any atom is 0.407 e. The number of benzene rings is 1. The van der Waals surface area contributed by atoms with Crippen LogP contribution in [0.25, 0.3) is 0 Å². The summed E-state index contributed by atoms with van der Waals surface area (Å²) in [5.41, 5.74) is -0.500. The normalized spacial score (nSPS) is 11.0. The maximum atomic E-state index is 11.3. The minimum atomic E-state index is -0.500. The average Bonchev–Trinajstić information content (AvgIpc) is 2.35. The highest BCUT2D eigenvalue weighted by Gasteiger charge is 2.15. The van der Waals surface area contributed by atoms with Crippen molar-refractivity contribution < 1.29 is 24.1 Å². The summed E-state index contributed by atoms with van der Waals surface area (Å²) in [6.45, 7) is 6.94. The molecule has 0 aliphatic carbocycles. The number of ether oxygens (including phenoxy) is 3. The van der Waals surface area contributed by atoms with Crippen LogP contribution in [-0.4, -0.2) is 43.2 Å². The van der Waals surface area contributed by atoms with Gasteiger partial charge in [0.2, 0.25) is 0 Å². The van der Waals surface area contributed by atoms with Crippen molar-refractivity contribution in [2.75, 3.05) is 26.4 Å². The van der Waals surface area contributed by atoms with E-state index in [1.807, 2.05) is 20.8 Å². The molecule has 21 heavy (non-hydrogen) atoms. The Morgan fingerprint density at radius 1 is 1.24 bits per heavy atom. The van der Waals surface area contributed by atoms with Crippen molar-refractivity contribution in [2.24, 2.45) is 0 Å². The second-order valence-electron chi connectivity index (χ2n) is 5.39. The van der Waals surface area contributed by atoms with Gasteiger partial charge in [-0.05, 0) is 32.9 Å². The van der Waals surface area contributed by atoms with E-state index in [4.69, 9.17) is 14.2 Å². The SMILES string of the molecule is CC(C)(C)OC(=O)NCCOCCOc1cccc(O)c1. The van der Waals surface area contributed by atoms with Crippen LogP contribution in [0.15, 0.2) is 24.3 Å². The number of carbonyl (C=O) groups excluding carboxylic acids is 1. The summed E-state index contributed by atoms with van der Waals surface area (Å²) in [6, 6.07) is 6.57. The van der Waals surface area contributed by atoms with Crippen LogP contribution in [-0.2, 0) is 9.47 Å². The van der Waals surface area contributed by atoms with Gasteiger partial charge in [0.15, 0.2) is 0 Å². The lowest BCUT2D eigenvalue weighted by molar-refractivity contribution is 0.0489. The molecule has 6 heteroatoms. The number of hydrogen-bond acceptors (Lipinski definition) is 5. The lowest BCUT2D eigenvalue weighted by Crippen LogP contribution is -2.34. The van der Waals surface area contributed by atoms with Gasteiger partial charge in [0, 0.05) is 12.6 Å². The van der Waals surface area contributed by atoms with E-state index in [-0.39, 0.29) is 5.75 Å². The van der Waals surface area contributed by atoms with Gasteiger partial charge in [-0.3, -0.25) is 0 Å². The molecule has 0 saturated heterocycles. The Hall–Kier alpha value is -1.95. The van der Waals surface area contributed by atoms with Crippen LogP contribution in [0.3, 0.4) is 0 Å². The van der Waals surface area contributed by atoms with Crippen LogP contribution < -0.4 is 10.1 Å². The van der Waals surface area contributed by atoms with Crippen LogP contribution >= 0.6 is 0 Å². The molecule has 0 aliphatic rings. The molecular weight excluding hydrogens is 274 g/mol. The summed E-state index contributed by atoms with van der Waals surface area (Å²) in [5, 5.41) is 11.9. The highest BCUT2D eigenvalue weighted by Crippen LogP contribution is 2.17. The fourth-order valence-electron chi connectivity index (χ4n) is 1.43. The van der Waals surface area contributed by atoms with E-state index in [2.05, 4.69) is 5.32 Å². The Morgan fingerprint density at radius 2 is 2.00 bits per heavy atom. The molecule has 0 aliphatic heterocycles. The fraction of sp³-hybridized carbons (Fsp3) is 0.533. The van der Waals surface area contributed by atoms with E-state index in [1.165, 1.54) is 6.07 Å². The van der Waals surface area contributed by atoms with E-state index in [9.17, 15) is 9.90 Å². The predicted octanol–water partition coefficient (Wildman–Crippen LogP) is 2.31. The van der Waals surface area contributed by atoms with Gasteiger partial charge in [-0.25, -0.2) is 4.79 Å². The highest BCUT2D eigenvalue weighted by atomic mass is 16.6. The summed E-state index contributed by atoms with van der Waals surface area (Å²) in [6.07, 6.45) is -0.456. The smallest absolute Gasteiger partial charge is 0.407 e. The van der Waals surface area contributed by atoms with Gasteiger partial charge >= 0.3 is 6.09 Å². The Balaban J connectivity index is 2.01. The van der Waals surface area contributed by atoms with Gasteiger partial charge in [0.1, 0.15) is 23.7 Å². The highest BCUT2D eigenvalue weighted by molar-refractivity contribution is 5.67. The number of carbonyl (C=O) groups is 1. The van der Waals surface area contributed by atoms with Crippen LogP contribution in [0.5, 0.6) is 11.5 Å². The van der Waals surface area contributed by atoms with Crippen molar-refractivity contribution in [3.63, 3.8) is 0 Å². The van der Waals surface area contributed by atoms with Crippen molar-refractivity contribution in [3.8, 4) is 11.5 Å². The molecule has 1 rings (SSSR count). The topological polar surface area (TPSA) is 77.0 Å². The van der Waals surface area contributed by atoms with Gasteiger partial charge in [-0.2, -0.15) is 0 Å². The number of rotatable bonds is 7. The maximum absolute atomic E-state index is 11.3. The first kappa shape index (κ1) is 17.1. The van der Waals surface area contributed by atoms with E-state index in [1.54, 1.807) is 18.2 Å². The molecule has 1 aromatic rings. The second-order valence-corrected chi connectivity index (χ2v) is 5.39. The average molecular weight is 297 g/mol. The van der Waals surface area contributed by atoms with Gasteiger partial charge in [-0.15, -0.1) is 0 Å². The summed E-state index contributed by atoms with van der Waals surface area (Å²) in [5.74, 6) is 0.750. The van der Waals surface area contributed by atoms with E-state index >= 15 is 0 Å². The quantitative estimate of drug-likeness (QED) is 0.755. The molecule has 1 aromatic carbocycles. The standard InChI is InChI=1S/C15H23NO5/c1-15(2,3)21-14(18)16-7-8-19-9-10-20-13-6-4-5-12(17)11-13/h4-6,11,17H,7-10H2,1-3H3,(H,16,18). The van der Waals surface area contributed by atoms with Crippen LogP contribution in [0.2, 0.25) is 0 Å². The zero-order chi connectivity index (χ0) is 15.7. The fourth-order valence-corrected chi connectivity index (χ4v) is 1.43. The zero-order valence-electron chi connectivity index (χ0n) is 12.7. The largest absolute Gasteiger partial charge is 0.508 e. The Bertz CT molecular complexity index is 442. The van der Waals surface area contributed by atoms with E-state index < -0.39 is 11.7 Å². The first-order valence-electron chi connectivity index (χ1n) is 6.83. The molecule has 0 spiro atoms. The molecular formula is C15H23NO5. The van der Waals surface area contributed by atoms with Gasteiger partial charge in [0.05, 0.1) is 13.2 Å². The van der Waals surface area contributed by atoms with Gasteiger partial charge in [0.25, 0.3) is 0 Å². The Labute approximate surface area is 125 Å². The summed E-state index contributed by atoms with van der Waals surface area (Å²) in [4.78, 5) is 11.3. The van der Waals surface area contributed by atoms with Gasteiger partial charge < -0.3 is 24.6 Å². The first-order chi connectivity index (χ1) is 9.87. The first-order valence-corrected chi connectivity index (χ1v) is 6.83. The monoisotopic (exact) mass is 297 g/mol. The van der Waals surface area contributed by atoms with Crippen molar-refractivity contribution >= 4 is 6.09 Å². The zero-order valence-corrected chi connectivity index (χ0v) is 12.7. The third kappa shape index (κ3) is 8.75. The minimum Gasteiger partial charge on any atom is -0.508 e. The number of phenolic OH excluding ortho intramolecular Hbond substituents is 1.